The Labute approximate surface area is 126 Å². The molecule has 2 aliphatic heterocycles. The van der Waals surface area contributed by atoms with Crippen molar-refractivity contribution in [3.05, 3.63) is 53.6 Å². The van der Waals surface area contributed by atoms with Crippen molar-refractivity contribution in [3.63, 3.8) is 0 Å². The number of likely N-dealkylation sites (N-methyl/N-ethyl adjacent to an activating group) is 1. The van der Waals surface area contributed by atoms with Crippen LogP contribution in [0.4, 0.5) is 17.1 Å². The summed E-state index contributed by atoms with van der Waals surface area (Å²) in [6, 6.07) is 15.4. The zero-order chi connectivity index (χ0) is 14.2. The summed E-state index contributed by atoms with van der Waals surface area (Å²) in [5, 5.41) is 3.55. The molecule has 0 radical (unpaired) electrons. The average Bonchev–Trinajstić information content (AvgIpc) is 3.00. The molecule has 0 atom stereocenters. The Morgan fingerprint density at radius 3 is 2.76 bits per heavy atom. The number of para-hydroxylation sites is 3. The Balaban J connectivity index is 1.67. The Hall–Kier alpha value is -2.16. The molecular formula is C18H21N3. The SMILES string of the molecule is CN1CCN(Cc2cccc3c2NCC3)c2ccccc21. The average molecular weight is 279 g/mol. The van der Waals surface area contributed by atoms with Gasteiger partial charge in [-0.05, 0) is 29.7 Å². The highest BCUT2D eigenvalue weighted by atomic mass is 15.2. The second-order valence-electron chi connectivity index (χ2n) is 5.96. The van der Waals surface area contributed by atoms with E-state index in [1.165, 1.54) is 28.2 Å². The van der Waals surface area contributed by atoms with Gasteiger partial charge in [0.2, 0.25) is 0 Å². The summed E-state index contributed by atoms with van der Waals surface area (Å²) in [5.74, 6) is 0. The van der Waals surface area contributed by atoms with Gasteiger partial charge < -0.3 is 15.1 Å². The summed E-state index contributed by atoms with van der Waals surface area (Å²) in [6.07, 6.45) is 1.16. The monoisotopic (exact) mass is 279 g/mol. The first kappa shape index (κ1) is 12.6. The third-order valence-electron chi connectivity index (χ3n) is 4.63. The molecule has 0 aliphatic carbocycles. The van der Waals surface area contributed by atoms with Gasteiger partial charge in [-0.1, -0.05) is 30.3 Å². The second kappa shape index (κ2) is 4.99. The van der Waals surface area contributed by atoms with E-state index in [-0.39, 0.29) is 0 Å². The van der Waals surface area contributed by atoms with Crippen LogP contribution < -0.4 is 15.1 Å². The fraction of sp³-hybridized carbons (Fsp3) is 0.333. The van der Waals surface area contributed by atoms with Crippen LogP contribution in [0, 0.1) is 0 Å². The first-order valence-corrected chi connectivity index (χ1v) is 7.73. The van der Waals surface area contributed by atoms with Crippen molar-refractivity contribution in [1.29, 1.82) is 0 Å². The van der Waals surface area contributed by atoms with Crippen molar-refractivity contribution in [3.8, 4) is 0 Å². The van der Waals surface area contributed by atoms with Crippen LogP contribution in [0.25, 0.3) is 0 Å². The summed E-state index contributed by atoms with van der Waals surface area (Å²) in [6.45, 7) is 4.23. The third-order valence-corrected chi connectivity index (χ3v) is 4.63. The second-order valence-corrected chi connectivity index (χ2v) is 5.96. The number of rotatable bonds is 2. The molecule has 1 N–H and O–H groups in total. The fourth-order valence-electron chi connectivity index (χ4n) is 3.48. The van der Waals surface area contributed by atoms with Crippen LogP contribution in [-0.4, -0.2) is 26.7 Å². The van der Waals surface area contributed by atoms with Gasteiger partial charge >= 0.3 is 0 Å². The van der Waals surface area contributed by atoms with Gasteiger partial charge in [0.05, 0.1) is 11.4 Å². The molecule has 0 fully saturated rings. The predicted molar refractivity (Wildman–Crippen MR) is 89.4 cm³/mol. The molecule has 2 aromatic carbocycles. The zero-order valence-electron chi connectivity index (χ0n) is 12.5. The molecule has 21 heavy (non-hydrogen) atoms. The van der Waals surface area contributed by atoms with Gasteiger partial charge in [-0.3, -0.25) is 0 Å². The van der Waals surface area contributed by atoms with E-state index in [1.807, 2.05) is 0 Å². The maximum atomic E-state index is 3.55. The van der Waals surface area contributed by atoms with Crippen molar-refractivity contribution >= 4 is 17.1 Å². The first-order valence-electron chi connectivity index (χ1n) is 7.73. The molecule has 0 spiro atoms. The van der Waals surface area contributed by atoms with E-state index < -0.39 is 0 Å². The number of benzene rings is 2. The van der Waals surface area contributed by atoms with Gasteiger partial charge in [0.25, 0.3) is 0 Å². The standard InChI is InChI=1S/C18H21N3/c1-20-11-12-21(17-8-3-2-7-16(17)20)13-15-6-4-5-14-9-10-19-18(14)15/h2-8,19H,9-13H2,1H3. The van der Waals surface area contributed by atoms with Crippen LogP contribution in [0.1, 0.15) is 11.1 Å². The fourth-order valence-corrected chi connectivity index (χ4v) is 3.48. The molecule has 2 aliphatic rings. The number of fused-ring (bicyclic) bond motifs is 2. The molecule has 0 saturated heterocycles. The highest BCUT2D eigenvalue weighted by Crippen LogP contribution is 2.34. The highest BCUT2D eigenvalue weighted by Gasteiger charge is 2.22. The van der Waals surface area contributed by atoms with Gasteiger partial charge in [0.1, 0.15) is 0 Å². The van der Waals surface area contributed by atoms with Crippen LogP contribution in [0.5, 0.6) is 0 Å². The Bertz CT molecular complexity index is 665. The van der Waals surface area contributed by atoms with Gasteiger partial charge in [0, 0.05) is 38.9 Å². The predicted octanol–water partition coefficient (Wildman–Crippen LogP) is 3.11. The van der Waals surface area contributed by atoms with Gasteiger partial charge in [0.15, 0.2) is 0 Å². The maximum Gasteiger partial charge on any atom is 0.0607 e. The Morgan fingerprint density at radius 2 is 1.86 bits per heavy atom. The van der Waals surface area contributed by atoms with E-state index >= 15 is 0 Å². The van der Waals surface area contributed by atoms with E-state index in [2.05, 4.69) is 64.6 Å². The lowest BCUT2D eigenvalue weighted by molar-refractivity contribution is 0.735. The minimum absolute atomic E-state index is 0.987. The Kier molecular flexibility index (Phi) is 2.99. The van der Waals surface area contributed by atoms with Crippen molar-refractivity contribution in [1.82, 2.24) is 0 Å². The highest BCUT2D eigenvalue weighted by molar-refractivity contribution is 5.73. The molecule has 0 bridgehead atoms. The van der Waals surface area contributed by atoms with Crippen LogP contribution in [0.2, 0.25) is 0 Å². The molecule has 2 aromatic rings. The smallest absolute Gasteiger partial charge is 0.0607 e. The quantitative estimate of drug-likeness (QED) is 0.911. The number of hydrogen-bond donors (Lipinski definition) is 1. The maximum absolute atomic E-state index is 3.55. The number of nitrogens with zero attached hydrogens (tertiary/aromatic N) is 2. The minimum Gasteiger partial charge on any atom is -0.384 e. The molecule has 0 saturated carbocycles. The summed E-state index contributed by atoms with van der Waals surface area (Å²) in [7, 11) is 2.18. The van der Waals surface area contributed by atoms with E-state index in [0.29, 0.717) is 0 Å². The zero-order valence-corrected chi connectivity index (χ0v) is 12.5. The number of nitrogens with one attached hydrogen (secondary N) is 1. The van der Waals surface area contributed by atoms with E-state index in [9.17, 15) is 0 Å². The van der Waals surface area contributed by atoms with Crippen LogP contribution in [0.15, 0.2) is 42.5 Å². The van der Waals surface area contributed by atoms with E-state index in [4.69, 9.17) is 0 Å². The molecule has 0 aromatic heterocycles. The molecule has 108 valence electrons. The third kappa shape index (κ3) is 2.13. The van der Waals surface area contributed by atoms with Crippen LogP contribution in [0.3, 0.4) is 0 Å². The lowest BCUT2D eigenvalue weighted by Crippen LogP contribution is -2.38. The molecule has 0 unspecified atom stereocenters. The van der Waals surface area contributed by atoms with Gasteiger partial charge in [-0.2, -0.15) is 0 Å². The normalized spacial score (nSPS) is 16.4. The molecule has 0 amide bonds. The van der Waals surface area contributed by atoms with Gasteiger partial charge in [-0.15, -0.1) is 0 Å². The van der Waals surface area contributed by atoms with E-state index in [0.717, 1.165) is 32.6 Å². The van der Waals surface area contributed by atoms with Crippen LogP contribution >= 0.6 is 0 Å². The largest absolute Gasteiger partial charge is 0.384 e. The van der Waals surface area contributed by atoms with E-state index in [1.54, 1.807) is 0 Å². The summed E-state index contributed by atoms with van der Waals surface area (Å²) < 4.78 is 0. The summed E-state index contributed by atoms with van der Waals surface area (Å²) in [4.78, 5) is 4.85. The summed E-state index contributed by atoms with van der Waals surface area (Å²) >= 11 is 0. The van der Waals surface area contributed by atoms with Crippen molar-refractivity contribution in [2.45, 2.75) is 13.0 Å². The molecule has 2 heterocycles. The number of hydrogen-bond acceptors (Lipinski definition) is 3. The van der Waals surface area contributed by atoms with Gasteiger partial charge in [-0.25, -0.2) is 0 Å². The minimum atomic E-state index is 0.987. The van der Waals surface area contributed by atoms with Crippen molar-refractivity contribution in [2.24, 2.45) is 0 Å². The van der Waals surface area contributed by atoms with Crippen molar-refractivity contribution < 1.29 is 0 Å². The Morgan fingerprint density at radius 1 is 1.00 bits per heavy atom. The molecular weight excluding hydrogens is 258 g/mol. The lowest BCUT2D eigenvalue weighted by atomic mass is 10.1. The molecule has 3 nitrogen and oxygen atoms in total. The summed E-state index contributed by atoms with van der Waals surface area (Å²) in [5.41, 5.74) is 6.94. The topological polar surface area (TPSA) is 18.5 Å². The lowest BCUT2D eigenvalue weighted by Gasteiger charge is -2.37. The molecule has 3 heteroatoms. The number of anilines is 3. The van der Waals surface area contributed by atoms with Crippen molar-refractivity contribution in [2.75, 3.05) is 41.8 Å². The molecule has 4 rings (SSSR count). The first-order chi connectivity index (χ1) is 10.3. The van der Waals surface area contributed by atoms with Crippen LogP contribution in [-0.2, 0) is 13.0 Å².